The van der Waals surface area contributed by atoms with Crippen molar-refractivity contribution in [2.75, 3.05) is 6.54 Å². The van der Waals surface area contributed by atoms with Gasteiger partial charge in [-0.05, 0) is 57.8 Å². The predicted octanol–water partition coefficient (Wildman–Crippen LogP) is 2.47. The third-order valence-corrected chi connectivity index (χ3v) is 6.15. The third-order valence-electron chi connectivity index (χ3n) is 6.15. The quantitative estimate of drug-likeness (QED) is 0.865. The summed E-state index contributed by atoms with van der Waals surface area (Å²) in [4.78, 5) is 27.8. The third kappa shape index (κ3) is 2.27. The highest BCUT2D eigenvalue weighted by atomic mass is 16.2. The molecule has 4 nitrogen and oxygen atoms in total. The number of amides is 2. The maximum Gasteiger partial charge on any atom is 0.249 e. The van der Waals surface area contributed by atoms with Crippen LogP contribution in [0.1, 0.15) is 65.7 Å². The zero-order valence-electron chi connectivity index (χ0n) is 13.6. The molecule has 3 aliphatic rings. The highest BCUT2D eigenvalue weighted by molar-refractivity contribution is 6.02. The Bertz CT molecular complexity index is 454. The molecule has 2 saturated carbocycles. The van der Waals surface area contributed by atoms with Crippen molar-refractivity contribution in [2.45, 2.75) is 76.8 Å². The first-order valence-corrected chi connectivity index (χ1v) is 8.56. The smallest absolute Gasteiger partial charge is 0.249 e. The molecule has 21 heavy (non-hydrogen) atoms. The van der Waals surface area contributed by atoms with Gasteiger partial charge >= 0.3 is 0 Å². The first kappa shape index (κ1) is 14.9. The van der Waals surface area contributed by atoms with Crippen LogP contribution in [0.15, 0.2) is 0 Å². The SMILES string of the molecule is CCC1(C)C(=O)NC(C)(C2CC2)C(=O)N1CC1CCCC1. The molecule has 1 N–H and O–H groups in total. The molecule has 1 aliphatic heterocycles. The second kappa shape index (κ2) is 4.99. The van der Waals surface area contributed by atoms with E-state index in [-0.39, 0.29) is 11.8 Å². The summed E-state index contributed by atoms with van der Waals surface area (Å²) in [5.41, 5.74) is -1.33. The molecule has 0 bridgehead atoms. The second-order valence-electron chi connectivity index (χ2n) is 7.62. The molecule has 4 heteroatoms. The summed E-state index contributed by atoms with van der Waals surface area (Å²) in [5.74, 6) is 1.11. The van der Waals surface area contributed by atoms with Gasteiger partial charge in [-0.15, -0.1) is 0 Å². The Kier molecular flexibility index (Phi) is 3.53. The fourth-order valence-corrected chi connectivity index (χ4v) is 4.08. The van der Waals surface area contributed by atoms with Crippen LogP contribution in [0, 0.1) is 11.8 Å². The van der Waals surface area contributed by atoms with Crippen LogP contribution in [0.4, 0.5) is 0 Å². The van der Waals surface area contributed by atoms with Gasteiger partial charge in [0.25, 0.3) is 0 Å². The van der Waals surface area contributed by atoms with Crippen molar-refractivity contribution in [2.24, 2.45) is 11.8 Å². The lowest BCUT2D eigenvalue weighted by Crippen LogP contribution is -2.75. The van der Waals surface area contributed by atoms with Crippen LogP contribution in [0.2, 0.25) is 0 Å². The Morgan fingerprint density at radius 1 is 1.14 bits per heavy atom. The highest BCUT2D eigenvalue weighted by Gasteiger charge is 2.58. The Hall–Kier alpha value is -1.06. The van der Waals surface area contributed by atoms with Crippen molar-refractivity contribution in [3.63, 3.8) is 0 Å². The van der Waals surface area contributed by atoms with Gasteiger partial charge in [-0.1, -0.05) is 19.8 Å². The van der Waals surface area contributed by atoms with E-state index in [0.717, 1.165) is 19.4 Å². The number of carbonyl (C=O) groups excluding carboxylic acids is 2. The summed E-state index contributed by atoms with van der Waals surface area (Å²) < 4.78 is 0. The van der Waals surface area contributed by atoms with Gasteiger partial charge in [0.2, 0.25) is 11.8 Å². The number of hydrogen-bond acceptors (Lipinski definition) is 2. The Labute approximate surface area is 127 Å². The summed E-state index contributed by atoms with van der Waals surface area (Å²) in [6.07, 6.45) is 7.73. The number of carbonyl (C=O) groups is 2. The van der Waals surface area contributed by atoms with Crippen LogP contribution in [-0.2, 0) is 9.59 Å². The monoisotopic (exact) mass is 292 g/mol. The van der Waals surface area contributed by atoms with Gasteiger partial charge in [0, 0.05) is 6.54 Å². The van der Waals surface area contributed by atoms with Crippen LogP contribution in [-0.4, -0.2) is 34.3 Å². The normalized spacial score (nSPS) is 38.0. The van der Waals surface area contributed by atoms with Crippen LogP contribution in [0.25, 0.3) is 0 Å². The minimum absolute atomic E-state index is 0.0389. The minimum Gasteiger partial charge on any atom is -0.340 e. The van der Waals surface area contributed by atoms with E-state index in [9.17, 15) is 9.59 Å². The van der Waals surface area contributed by atoms with Crippen molar-refractivity contribution in [3.05, 3.63) is 0 Å². The van der Waals surface area contributed by atoms with Gasteiger partial charge in [-0.2, -0.15) is 0 Å². The number of rotatable bonds is 4. The molecule has 0 spiro atoms. The van der Waals surface area contributed by atoms with Crippen LogP contribution in [0.3, 0.4) is 0 Å². The molecular weight excluding hydrogens is 264 g/mol. The molecule has 0 aromatic heterocycles. The maximum absolute atomic E-state index is 13.1. The highest BCUT2D eigenvalue weighted by Crippen LogP contribution is 2.44. The summed E-state index contributed by atoms with van der Waals surface area (Å²) in [6, 6.07) is 0. The minimum atomic E-state index is -0.673. The summed E-state index contributed by atoms with van der Waals surface area (Å²) >= 11 is 0. The number of hydrogen-bond donors (Lipinski definition) is 1. The molecule has 2 aliphatic carbocycles. The van der Waals surface area contributed by atoms with Crippen LogP contribution < -0.4 is 5.32 Å². The molecule has 1 heterocycles. The average molecular weight is 292 g/mol. The molecule has 1 saturated heterocycles. The van der Waals surface area contributed by atoms with E-state index in [1.165, 1.54) is 25.7 Å². The zero-order chi connectivity index (χ0) is 15.3. The molecule has 3 fully saturated rings. The molecule has 0 aromatic carbocycles. The molecule has 0 aromatic rings. The average Bonchev–Trinajstić information content (AvgIpc) is 3.20. The van der Waals surface area contributed by atoms with Crippen LogP contribution >= 0.6 is 0 Å². The molecule has 0 radical (unpaired) electrons. The first-order valence-electron chi connectivity index (χ1n) is 8.56. The summed E-state index contributed by atoms with van der Waals surface area (Å²) in [5, 5.41) is 3.07. The van der Waals surface area contributed by atoms with E-state index >= 15 is 0 Å². The fraction of sp³-hybridized carbons (Fsp3) is 0.882. The van der Waals surface area contributed by atoms with Gasteiger partial charge in [0.15, 0.2) is 0 Å². The van der Waals surface area contributed by atoms with E-state index in [1.807, 2.05) is 25.7 Å². The van der Waals surface area contributed by atoms with Crippen molar-refractivity contribution in [1.82, 2.24) is 10.2 Å². The Balaban J connectivity index is 1.89. The van der Waals surface area contributed by atoms with E-state index < -0.39 is 11.1 Å². The zero-order valence-corrected chi connectivity index (χ0v) is 13.6. The van der Waals surface area contributed by atoms with Gasteiger partial charge in [-0.3, -0.25) is 9.59 Å². The number of nitrogens with one attached hydrogen (secondary N) is 1. The van der Waals surface area contributed by atoms with Crippen molar-refractivity contribution in [1.29, 1.82) is 0 Å². The topological polar surface area (TPSA) is 49.4 Å². The van der Waals surface area contributed by atoms with Gasteiger partial charge < -0.3 is 10.2 Å². The molecular formula is C17H28N2O2. The number of nitrogens with zero attached hydrogens (tertiary/aromatic N) is 1. The second-order valence-corrected chi connectivity index (χ2v) is 7.62. The maximum atomic E-state index is 13.1. The Morgan fingerprint density at radius 2 is 1.76 bits per heavy atom. The van der Waals surface area contributed by atoms with Gasteiger partial charge in [0.05, 0.1) is 0 Å². The van der Waals surface area contributed by atoms with Crippen LogP contribution in [0.5, 0.6) is 0 Å². The van der Waals surface area contributed by atoms with Crippen molar-refractivity contribution >= 4 is 11.8 Å². The lowest BCUT2D eigenvalue weighted by atomic mass is 9.82. The lowest BCUT2D eigenvalue weighted by Gasteiger charge is -2.51. The van der Waals surface area contributed by atoms with Crippen molar-refractivity contribution in [3.8, 4) is 0 Å². The summed E-state index contributed by atoms with van der Waals surface area (Å²) in [7, 11) is 0. The molecule has 3 rings (SSSR count). The van der Waals surface area contributed by atoms with E-state index in [4.69, 9.17) is 0 Å². The van der Waals surface area contributed by atoms with Gasteiger partial charge in [-0.25, -0.2) is 0 Å². The van der Waals surface area contributed by atoms with E-state index in [2.05, 4.69) is 5.32 Å². The van der Waals surface area contributed by atoms with E-state index in [0.29, 0.717) is 18.3 Å². The first-order chi connectivity index (χ1) is 9.91. The largest absolute Gasteiger partial charge is 0.340 e. The summed E-state index contributed by atoms with van der Waals surface area (Å²) in [6.45, 7) is 6.64. The lowest BCUT2D eigenvalue weighted by molar-refractivity contribution is -0.163. The van der Waals surface area contributed by atoms with Gasteiger partial charge in [0.1, 0.15) is 11.1 Å². The predicted molar refractivity (Wildman–Crippen MR) is 81.6 cm³/mol. The number of piperazine rings is 1. The molecule has 2 atom stereocenters. The Morgan fingerprint density at radius 3 is 2.29 bits per heavy atom. The molecule has 2 amide bonds. The van der Waals surface area contributed by atoms with Crippen molar-refractivity contribution < 1.29 is 9.59 Å². The molecule has 118 valence electrons. The van der Waals surface area contributed by atoms with E-state index in [1.54, 1.807) is 0 Å². The fourth-order valence-electron chi connectivity index (χ4n) is 4.08. The standard InChI is InChI=1S/C17H28N2O2/c1-4-16(2)14(20)18-17(3,13-9-10-13)15(21)19(16)11-12-7-5-6-8-12/h12-13H,4-11H2,1-3H3,(H,18,20). The molecule has 2 unspecified atom stereocenters.